The van der Waals surface area contributed by atoms with Crippen molar-refractivity contribution in [1.29, 1.82) is 5.26 Å². The van der Waals surface area contributed by atoms with E-state index in [0.29, 0.717) is 23.5 Å². The third-order valence-corrected chi connectivity index (χ3v) is 5.47. The molecule has 0 radical (unpaired) electrons. The quantitative estimate of drug-likeness (QED) is 0.698. The highest BCUT2D eigenvalue weighted by Gasteiger charge is 2.34. The summed E-state index contributed by atoms with van der Waals surface area (Å²) < 4.78 is 1.89. The van der Waals surface area contributed by atoms with Crippen LogP contribution in [0.3, 0.4) is 0 Å². The van der Waals surface area contributed by atoms with E-state index < -0.39 is 0 Å². The van der Waals surface area contributed by atoms with Gasteiger partial charge in [0.15, 0.2) is 4.96 Å². The molecule has 3 aromatic rings. The molecule has 1 atom stereocenters. The first kappa shape index (κ1) is 17.2. The lowest BCUT2D eigenvalue weighted by Gasteiger charge is -2.39. The topological polar surface area (TPSA) is 81.7 Å². The lowest BCUT2D eigenvalue weighted by atomic mass is 10.1. The highest BCUT2D eigenvalue weighted by Crippen LogP contribution is 2.24. The van der Waals surface area contributed by atoms with Gasteiger partial charge in [-0.25, -0.2) is 4.98 Å². The molecule has 0 bridgehead atoms. The Kier molecular flexibility index (Phi) is 4.38. The fourth-order valence-corrected chi connectivity index (χ4v) is 4.06. The number of anilines is 1. The van der Waals surface area contributed by atoms with Gasteiger partial charge in [0.2, 0.25) is 11.8 Å². The third kappa shape index (κ3) is 3.17. The van der Waals surface area contributed by atoms with Crippen molar-refractivity contribution in [3.05, 3.63) is 53.3 Å². The SMILES string of the molecule is C[C@H]1CN(c2ccccc2C#N)C(=O)CN1C(=O)Cc1cn2ccsc2n1. The van der Waals surface area contributed by atoms with Gasteiger partial charge in [-0.15, -0.1) is 11.3 Å². The summed E-state index contributed by atoms with van der Waals surface area (Å²) in [6.45, 7) is 2.28. The highest BCUT2D eigenvalue weighted by molar-refractivity contribution is 7.15. The van der Waals surface area contributed by atoms with Gasteiger partial charge in [0.25, 0.3) is 0 Å². The minimum absolute atomic E-state index is 0.00197. The number of rotatable bonds is 3. The Morgan fingerprint density at radius 3 is 3.00 bits per heavy atom. The number of benzene rings is 1. The number of hydrogen-bond donors (Lipinski definition) is 0. The van der Waals surface area contributed by atoms with Crippen LogP contribution >= 0.6 is 11.3 Å². The molecule has 0 N–H and O–H groups in total. The number of para-hydroxylation sites is 1. The molecule has 136 valence electrons. The molecule has 1 aliphatic rings. The summed E-state index contributed by atoms with van der Waals surface area (Å²) in [5.74, 6) is -0.301. The van der Waals surface area contributed by atoms with E-state index in [4.69, 9.17) is 0 Å². The van der Waals surface area contributed by atoms with Crippen LogP contribution in [0.4, 0.5) is 5.69 Å². The van der Waals surface area contributed by atoms with Crippen LogP contribution in [0.15, 0.2) is 42.0 Å². The highest BCUT2D eigenvalue weighted by atomic mass is 32.1. The largest absolute Gasteiger partial charge is 0.329 e. The molecular weight excluding hydrogens is 362 g/mol. The molecule has 27 heavy (non-hydrogen) atoms. The first-order valence-corrected chi connectivity index (χ1v) is 9.45. The zero-order valence-corrected chi connectivity index (χ0v) is 15.5. The molecule has 0 aliphatic carbocycles. The second-order valence-corrected chi connectivity index (χ2v) is 7.38. The van der Waals surface area contributed by atoms with Crippen molar-refractivity contribution in [3.8, 4) is 6.07 Å². The van der Waals surface area contributed by atoms with Crippen LogP contribution in [0.5, 0.6) is 0 Å². The van der Waals surface area contributed by atoms with E-state index in [-0.39, 0.29) is 30.8 Å². The molecule has 8 heteroatoms. The zero-order chi connectivity index (χ0) is 19.0. The summed E-state index contributed by atoms with van der Waals surface area (Å²) >= 11 is 1.51. The Labute approximate surface area is 160 Å². The summed E-state index contributed by atoms with van der Waals surface area (Å²) in [7, 11) is 0. The zero-order valence-electron chi connectivity index (χ0n) is 14.7. The number of imidazole rings is 1. The summed E-state index contributed by atoms with van der Waals surface area (Å²) in [5.41, 5.74) is 1.75. The second-order valence-electron chi connectivity index (χ2n) is 6.51. The number of aromatic nitrogens is 2. The number of thiazole rings is 1. The maximum absolute atomic E-state index is 12.7. The average Bonchev–Trinajstić information content (AvgIpc) is 3.24. The average molecular weight is 379 g/mol. The van der Waals surface area contributed by atoms with E-state index in [1.807, 2.05) is 29.1 Å². The molecule has 1 fully saturated rings. The Hall–Kier alpha value is -3.18. The van der Waals surface area contributed by atoms with Gasteiger partial charge in [0.1, 0.15) is 12.6 Å². The minimum Gasteiger partial charge on any atom is -0.329 e. The van der Waals surface area contributed by atoms with Crippen molar-refractivity contribution in [2.75, 3.05) is 18.0 Å². The number of hydrogen-bond acceptors (Lipinski definition) is 5. The number of fused-ring (bicyclic) bond motifs is 1. The van der Waals surface area contributed by atoms with Crippen molar-refractivity contribution < 1.29 is 9.59 Å². The Morgan fingerprint density at radius 2 is 2.22 bits per heavy atom. The summed E-state index contributed by atoms with van der Waals surface area (Å²) in [4.78, 5) is 33.9. The predicted octanol–water partition coefficient (Wildman–Crippen LogP) is 2.07. The Bertz CT molecular complexity index is 1030. The van der Waals surface area contributed by atoms with Crippen molar-refractivity contribution in [2.24, 2.45) is 0 Å². The van der Waals surface area contributed by atoms with Crippen molar-refractivity contribution >= 4 is 33.8 Å². The normalized spacial score (nSPS) is 17.3. The van der Waals surface area contributed by atoms with Gasteiger partial charge < -0.3 is 9.80 Å². The first-order valence-electron chi connectivity index (χ1n) is 8.57. The molecule has 0 unspecified atom stereocenters. The monoisotopic (exact) mass is 379 g/mol. The summed E-state index contributed by atoms with van der Waals surface area (Å²) in [6.07, 6.45) is 3.91. The molecule has 3 heterocycles. The fraction of sp³-hybridized carbons (Fsp3) is 0.263. The van der Waals surface area contributed by atoms with E-state index in [2.05, 4.69) is 11.1 Å². The Balaban J connectivity index is 1.50. The molecule has 1 aliphatic heterocycles. The molecule has 4 rings (SSSR count). The Morgan fingerprint density at radius 1 is 1.41 bits per heavy atom. The number of nitrogens with zero attached hydrogens (tertiary/aromatic N) is 5. The van der Waals surface area contributed by atoms with Crippen molar-refractivity contribution in [2.45, 2.75) is 19.4 Å². The number of carbonyl (C=O) groups is 2. The standard InChI is InChI=1S/C19H17N5O2S/c1-13-10-24(16-5-3-2-4-14(16)9-20)18(26)12-23(13)17(25)8-15-11-22-6-7-27-19(22)21-15/h2-7,11,13H,8,10,12H2,1H3/t13-/m0/s1. The van der Waals surface area contributed by atoms with Crippen LogP contribution in [-0.2, 0) is 16.0 Å². The van der Waals surface area contributed by atoms with E-state index in [1.54, 1.807) is 34.1 Å². The van der Waals surface area contributed by atoms with Gasteiger partial charge in [-0.05, 0) is 19.1 Å². The number of piperazine rings is 1. The number of nitriles is 1. The van der Waals surface area contributed by atoms with Crippen molar-refractivity contribution in [1.82, 2.24) is 14.3 Å². The van der Waals surface area contributed by atoms with E-state index in [0.717, 1.165) is 4.96 Å². The molecule has 0 spiro atoms. The van der Waals surface area contributed by atoms with Crippen LogP contribution in [0.25, 0.3) is 4.96 Å². The number of amides is 2. The summed E-state index contributed by atoms with van der Waals surface area (Å²) in [5, 5.41) is 11.2. The molecule has 2 amide bonds. The van der Waals surface area contributed by atoms with Crippen LogP contribution < -0.4 is 4.90 Å². The maximum Gasteiger partial charge on any atom is 0.246 e. The van der Waals surface area contributed by atoms with E-state index >= 15 is 0 Å². The maximum atomic E-state index is 12.7. The van der Waals surface area contributed by atoms with E-state index in [1.165, 1.54) is 11.3 Å². The molecule has 2 aromatic heterocycles. The molecule has 0 saturated carbocycles. The predicted molar refractivity (Wildman–Crippen MR) is 101 cm³/mol. The molecule has 7 nitrogen and oxygen atoms in total. The third-order valence-electron chi connectivity index (χ3n) is 4.70. The van der Waals surface area contributed by atoms with Gasteiger partial charge in [-0.3, -0.25) is 14.0 Å². The van der Waals surface area contributed by atoms with Crippen LogP contribution in [0, 0.1) is 11.3 Å². The van der Waals surface area contributed by atoms with Gasteiger partial charge in [0.05, 0.1) is 23.4 Å². The van der Waals surface area contributed by atoms with Gasteiger partial charge >= 0.3 is 0 Å². The minimum atomic E-state index is -0.185. The first-order chi connectivity index (χ1) is 13.1. The molecule has 1 aromatic carbocycles. The fourth-order valence-electron chi connectivity index (χ4n) is 3.34. The van der Waals surface area contributed by atoms with Crippen LogP contribution in [0.2, 0.25) is 0 Å². The van der Waals surface area contributed by atoms with Crippen molar-refractivity contribution in [3.63, 3.8) is 0 Å². The second kappa shape index (κ2) is 6.85. The van der Waals surface area contributed by atoms with Gasteiger partial charge in [-0.2, -0.15) is 5.26 Å². The molecule has 1 saturated heterocycles. The van der Waals surface area contributed by atoms with Crippen LogP contribution in [-0.4, -0.2) is 45.2 Å². The van der Waals surface area contributed by atoms with Gasteiger partial charge in [-0.1, -0.05) is 12.1 Å². The summed E-state index contributed by atoms with van der Waals surface area (Å²) in [6, 6.07) is 9.00. The lowest BCUT2D eigenvalue weighted by Crippen LogP contribution is -2.57. The lowest BCUT2D eigenvalue weighted by molar-refractivity contribution is -0.138. The van der Waals surface area contributed by atoms with Gasteiger partial charge in [0, 0.05) is 30.4 Å². The van der Waals surface area contributed by atoms with Crippen LogP contribution in [0.1, 0.15) is 18.2 Å². The smallest absolute Gasteiger partial charge is 0.246 e. The van der Waals surface area contributed by atoms with E-state index in [9.17, 15) is 14.9 Å². The molecular formula is C19H17N5O2S. The number of carbonyl (C=O) groups excluding carboxylic acids is 2.